The molecule has 0 fully saturated rings. The number of ether oxygens (including phenoxy) is 1. The molecule has 1 aromatic rings. The fourth-order valence-corrected chi connectivity index (χ4v) is 2.10. The first kappa shape index (κ1) is 11.3. The molecule has 16 heavy (non-hydrogen) atoms. The van der Waals surface area contributed by atoms with Gasteiger partial charge in [-0.05, 0) is 25.0 Å². The minimum atomic E-state index is 0.269. The molecule has 1 aromatic carbocycles. The lowest BCUT2D eigenvalue weighted by Crippen LogP contribution is -2.21. The molecule has 2 nitrogen and oxygen atoms in total. The van der Waals surface area contributed by atoms with Crippen LogP contribution in [0.5, 0.6) is 5.75 Å². The van der Waals surface area contributed by atoms with Crippen LogP contribution in [0.2, 0.25) is 5.02 Å². The van der Waals surface area contributed by atoms with Crippen LogP contribution in [-0.4, -0.2) is 13.2 Å². The van der Waals surface area contributed by atoms with Gasteiger partial charge in [0.2, 0.25) is 0 Å². The van der Waals surface area contributed by atoms with E-state index in [0.717, 1.165) is 30.8 Å². The summed E-state index contributed by atoms with van der Waals surface area (Å²) in [6, 6.07) is 6.04. The molecule has 1 heterocycles. The predicted octanol–water partition coefficient (Wildman–Crippen LogP) is 2.78. The molecule has 0 aliphatic carbocycles. The van der Waals surface area contributed by atoms with Crippen molar-refractivity contribution in [1.82, 2.24) is 5.32 Å². The Labute approximate surface area is 101 Å². The van der Waals surface area contributed by atoms with Crippen LogP contribution in [0.1, 0.15) is 24.4 Å². The summed E-state index contributed by atoms with van der Waals surface area (Å²) in [6.45, 7) is 1.31. The summed E-state index contributed by atoms with van der Waals surface area (Å²) in [4.78, 5) is 0. The highest BCUT2D eigenvalue weighted by atomic mass is 35.5. The van der Waals surface area contributed by atoms with Crippen LogP contribution in [0.15, 0.2) is 18.2 Å². The Morgan fingerprint density at radius 1 is 1.56 bits per heavy atom. The summed E-state index contributed by atoms with van der Waals surface area (Å²) in [5, 5.41) is 4.03. The van der Waals surface area contributed by atoms with Crippen molar-refractivity contribution in [2.24, 2.45) is 0 Å². The van der Waals surface area contributed by atoms with Crippen molar-refractivity contribution < 1.29 is 4.74 Å². The molecule has 0 bridgehead atoms. The van der Waals surface area contributed by atoms with Gasteiger partial charge in [0.1, 0.15) is 5.75 Å². The summed E-state index contributed by atoms with van der Waals surface area (Å²) < 4.78 is 5.66. The quantitative estimate of drug-likeness (QED) is 0.796. The average Bonchev–Trinajstić information content (AvgIpc) is 2.48. The van der Waals surface area contributed by atoms with E-state index in [2.05, 4.69) is 11.2 Å². The van der Waals surface area contributed by atoms with Gasteiger partial charge in [-0.3, -0.25) is 5.32 Å². The Bertz CT molecular complexity index is 411. The van der Waals surface area contributed by atoms with Crippen molar-refractivity contribution in [2.45, 2.75) is 18.9 Å². The molecule has 1 N–H and O–H groups in total. The number of fused-ring (bicyclic) bond motifs is 1. The highest BCUT2D eigenvalue weighted by Gasteiger charge is 2.18. The van der Waals surface area contributed by atoms with Crippen LogP contribution in [0.4, 0.5) is 0 Å². The van der Waals surface area contributed by atoms with Crippen LogP contribution < -0.4 is 10.1 Å². The Morgan fingerprint density at radius 3 is 3.25 bits per heavy atom. The van der Waals surface area contributed by atoms with E-state index in [0.29, 0.717) is 11.6 Å². The smallest absolute Gasteiger partial charge is 0.125 e. The van der Waals surface area contributed by atoms with Crippen molar-refractivity contribution in [3.8, 4) is 18.1 Å². The van der Waals surface area contributed by atoms with E-state index in [1.165, 1.54) is 0 Å². The molecule has 1 aliphatic rings. The normalized spacial score (nSPS) is 19.1. The zero-order valence-electron chi connectivity index (χ0n) is 9.00. The molecular formula is C13H14ClNO. The van der Waals surface area contributed by atoms with Crippen molar-refractivity contribution in [3.63, 3.8) is 0 Å². The van der Waals surface area contributed by atoms with Crippen LogP contribution >= 0.6 is 11.6 Å². The maximum atomic E-state index is 5.95. The molecule has 1 atom stereocenters. The predicted molar refractivity (Wildman–Crippen MR) is 65.8 cm³/mol. The SMILES string of the molecule is C#CCNC1CCCOc2cc(Cl)ccc21. The van der Waals surface area contributed by atoms with E-state index < -0.39 is 0 Å². The Balaban J connectivity index is 2.26. The molecule has 1 unspecified atom stereocenters. The third kappa shape index (κ3) is 2.49. The standard InChI is InChI=1S/C13H14ClNO/c1-2-7-15-12-4-3-8-16-13-9-10(14)5-6-11(12)13/h1,5-6,9,12,15H,3-4,7-8H2. The maximum Gasteiger partial charge on any atom is 0.125 e. The van der Waals surface area contributed by atoms with Crippen LogP contribution in [0.25, 0.3) is 0 Å². The van der Waals surface area contributed by atoms with E-state index in [9.17, 15) is 0 Å². The third-order valence-electron chi connectivity index (χ3n) is 2.70. The molecular weight excluding hydrogens is 222 g/mol. The van der Waals surface area contributed by atoms with Gasteiger partial charge in [-0.2, -0.15) is 0 Å². The van der Waals surface area contributed by atoms with Gasteiger partial charge in [-0.15, -0.1) is 6.42 Å². The van der Waals surface area contributed by atoms with Gasteiger partial charge in [-0.1, -0.05) is 23.6 Å². The number of hydrogen-bond donors (Lipinski definition) is 1. The van der Waals surface area contributed by atoms with Crippen molar-refractivity contribution >= 4 is 11.6 Å². The fourth-order valence-electron chi connectivity index (χ4n) is 1.94. The molecule has 0 saturated heterocycles. The third-order valence-corrected chi connectivity index (χ3v) is 2.93. The minimum Gasteiger partial charge on any atom is -0.493 e. The van der Waals surface area contributed by atoms with Crippen LogP contribution in [0, 0.1) is 12.3 Å². The summed E-state index contributed by atoms with van der Waals surface area (Å²) in [6.07, 6.45) is 7.32. The number of terminal acetylenes is 1. The van der Waals surface area contributed by atoms with Crippen LogP contribution in [0.3, 0.4) is 0 Å². The van der Waals surface area contributed by atoms with E-state index >= 15 is 0 Å². The second-order valence-electron chi connectivity index (χ2n) is 3.81. The summed E-state index contributed by atoms with van der Waals surface area (Å²) in [7, 11) is 0. The van der Waals surface area contributed by atoms with Gasteiger partial charge in [0, 0.05) is 16.6 Å². The van der Waals surface area contributed by atoms with Gasteiger partial charge in [0.25, 0.3) is 0 Å². The number of halogens is 1. The molecule has 3 heteroatoms. The highest BCUT2D eigenvalue weighted by molar-refractivity contribution is 6.30. The van der Waals surface area contributed by atoms with Gasteiger partial charge < -0.3 is 4.74 Å². The monoisotopic (exact) mass is 235 g/mol. The number of hydrogen-bond acceptors (Lipinski definition) is 2. The highest BCUT2D eigenvalue weighted by Crippen LogP contribution is 2.33. The molecule has 0 saturated carbocycles. The molecule has 0 radical (unpaired) electrons. The topological polar surface area (TPSA) is 21.3 Å². The largest absolute Gasteiger partial charge is 0.493 e. The minimum absolute atomic E-state index is 0.269. The van der Waals surface area contributed by atoms with Gasteiger partial charge in [0.05, 0.1) is 13.2 Å². The molecule has 1 aliphatic heterocycles. The number of nitrogens with one attached hydrogen (secondary N) is 1. The first-order chi connectivity index (χ1) is 7.81. The zero-order chi connectivity index (χ0) is 11.4. The van der Waals surface area contributed by atoms with Crippen LogP contribution in [-0.2, 0) is 0 Å². The lowest BCUT2D eigenvalue weighted by molar-refractivity contribution is 0.315. The second-order valence-corrected chi connectivity index (χ2v) is 4.25. The fraction of sp³-hybridized carbons (Fsp3) is 0.385. The number of benzene rings is 1. The lowest BCUT2D eigenvalue weighted by atomic mass is 10.0. The molecule has 0 spiro atoms. The first-order valence-electron chi connectivity index (χ1n) is 5.40. The molecule has 84 valence electrons. The van der Waals surface area contributed by atoms with E-state index in [1.807, 2.05) is 18.2 Å². The molecule has 2 rings (SSSR count). The molecule has 0 aromatic heterocycles. The van der Waals surface area contributed by atoms with Crippen molar-refractivity contribution in [2.75, 3.05) is 13.2 Å². The number of rotatable bonds is 2. The summed E-state index contributed by atoms with van der Waals surface area (Å²) in [5.41, 5.74) is 1.15. The van der Waals surface area contributed by atoms with Gasteiger partial charge in [0.15, 0.2) is 0 Å². The Morgan fingerprint density at radius 2 is 2.44 bits per heavy atom. The summed E-state index contributed by atoms with van der Waals surface area (Å²) >= 11 is 5.95. The first-order valence-corrected chi connectivity index (χ1v) is 5.78. The molecule has 0 amide bonds. The Kier molecular flexibility index (Phi) is 3.71. The summed E-state index contributed by atoms with van der Waals surface area (Å²) in [5.74, 6) is 3.47. The van der Waals surface area contributed by atoms with E-state index in [-0.39, 0.29) is 6.04 Å². The maximum absolute atomic E-state index is 5.95. The van der Waals surface area contributed by atoms with E-state index in [4.69, 9.17) is 22.8 Å². The van der Waals surface area contributed by atoms with Crippen molar-refractivity contribution in [1.29, 1.82) is 0 Å². The second kappa shape index (κ2) is 5.25. The average molecular weight is 236 g/mol. The van der Waals surface area contributed by atoms with Gasteiger partial charge in [-0.25, -0.2) is 0 Å². The van der Waals surface area contributed by atoms with Crippen molar-refractivity contribution in [3.05, 3.63) is 28.8 Å². The van der Waals surface area contributed by atoms with E-state index in [1.54, 1.807) is 0 Å². The van der Waals surface area contributed by atoms with Gasteiger partial charge >= 0.3 is 0 Å². The Hall–Kier alpha value is -1.17. The lowest BCUT2D eigenvalue weighted by Gasteiger charge is -2.17. The zero-order valence-corrected chi connectivity index (χ0v) is 9.76.